The molecule has 0 amide bonds. The summed E-state index contributed by atoms with van der Waals surface area (Å²) < 4.78 is 0. The zero-order valence-electron chi connectivity index (χ0n) is 11.1. The first-order chi connectivity index (χ1) is 8.47. The number of hydrogen-bond acceptors (Lipinski definition) is 5. The first kappa shape index (κ1) is 12.8. The van der Waals surface area contributed by atoms with Gasteiger partial charge in [0.25, 0.3) is 0 Å². The molecule has 3 N–H and O–H groups in total. The first-order valence-corrected chi connectivity index (χ1v) is 6.72. The summed E-state index contributed by atoms with van der Waals surface area (Å²) in [5, 5.41) is 4.44. The van der Waals surface area contributed by atoms with Gasteiger partial charge in [-0.25, -0.2) is 9.97 Å². The van der Waals surface area contributed by atoms with Crippen molar-refractivity contribution >= 4 is 22.8 Å². The van der Waals surface area contributed by atoms with Crippen molar-refractivity contribution in [3.05, 3.63) is 33.4 Å². The summed E-state index contributed by atoms with van der Waals surface area (Å²) in [6.45, 7) is 8.11. The van der Waals surface area contributed by atoms with Crippen LogP contribution >= 0.6 is 11.3 Å². The van der Waals surface area contributed by atoms with Crippen LogP contribution < -0.4 is 11.1 Å². The SMILES string of the molecule is Cc1ccc(N)c(NC(C)c2sc(C)nc2C)n1. The monoisotopic (exact) mass is 262 g/mol. The third-order valence-electron chi connectivity index (χ3n) is 2.75. The molecule has 4 nitrogen and oxygen atoms in total. The zero-order chi connectivity index (χ0) is 13.3. The lowest BCUT2D eigenvalue weighted by Gasteiger charge is -2.15. The van der Waals surface area contributed by atoms with E-state index < -0.39 is 0 Å². The van der Waals surface area contributed by atoms with Crippen molar-refractivity contribution in [2.75, 3.05) is 11.1 Å². The lowest BCUT2D eigenvalue weighted by atomic mass is 10.2. The number of nitrogens with one attached hydrogen (secondary N) is 1. The molecule has 0 aliphatic heterocycles. The standard InChI is InChI=1S/C13H18N4S/c1-7-5-6-11(14)13(15-7)17-9(3)12-8(2)16-10(4)18-12/h5-6,9H,14H2,1-4H3,(H,15,17). The largest absolute Gasteiger partial charge is 0.396 e. The summed E-state index contributed by atoms with van der Waals surface area (Å²) in [6, 6.07) is 3.95. The van der Waals surface area contributed by atoms with Crippen molar-refractivity contribution < 1.29 is 0 Å². The van der Waals surface area contributed by atoms with Gasteiger partial charge in [-0.05, 0) is 39.8 Å². The Balaban J connectivity index is 2.23. The van der Waals surface area contributed by atoms with Gasteiger partial charge in [0, 0.05) is 10.6 Å². The van der Waals surface area contributed by atoms with Crippen molar-refractivity contribution in [2.24, 2.45) is 0 Å². The van der Waals surface area contributed by atoms with E-state index in [1.54, 1.807) is 11.3 Å². The second kappa shape index (κ2) is 4.94. The Bertz CT molecular complexity index is 562. The Kier molecular flexibility index (Phi) is 3.52. The van der Waals surface area contributed by atoms with Gasteiger partial charge in [-0.15, -0.1) is 11.3 Å². The molecule has 2 aromatic heterocycles. The highest BCUT2D eigenvalue weighted by Crippen LogP contribution is 2.28. The average molecular weight is 262 g/mol. The normalized spacial score (nSPS) is 12.4. The molecule has 0 saturated heterocycles. The summed E-state index contributed by atoms with van der Waals surface area (Å²) in [5.74, 6) is 0.743. The van der Waals surface area contributed by atoms with E-state index in [2.05, 4.69) is 22.2 Å². The van der Waals surface area contributed by atoms with Crippen molar-refractivity contribution in [3.63, 3.8) is 0 Å². The number of nitrogen functional groups attached to an aromatic ring is 1. The number of aromatic nitrogens is 2. The second-order valence-electron chi connectivity index (χ2n) is 4.44. The molecule has 1 unspecified atom stereocenters. The molecule has 0 bridgehead atoms. The van der Waals surface area contributed by atoms with E-state index in [0.717, 1.165) is 22.2 Å². The van der Waals surface area contributed by atoms with Gasteiger partial charge in [0.2, 0.25) is 0 Å². The van der Waals surface area contributed by atoms with Gasteiger partial charge < -0.3 is 11.1 Å². The highest BCUT2D eigenvalue weighted by molar-refractivity contribution is 7.11. The molecule has 2 rings (SSSR count). The van der Waals surface area contributed by atoms with E-state index in [1.165, 1.54) is 4.88 Å². The minimum absolute atomic E-state index is 0.160. The number of pyridine rings is 1. The molecule has 2 aromatic rings. The maximum Gasteiger partial charge on any atom is 0.149 e. The van der Waals surface area contributed by atoms with Gasteiger partial charge in [0.05, 0.1) is 22.4 Å². The average Bonchev–Trinajstić information content (AvgIpc) is 2.63. The Morgan fingerprint density at radius 2 is 1.94 bits per heavy atom. The number of nitrogens with zero attached hydrogens (tertiary/aromatic N) is 2. The van der Waals surface area contributed by atoms with Crippen molar-refractivity contribution in [2.45, 2.75) is 33.7 Å². The van der Waals surface area contributed by atoms with Crippen LogP contribution in [0.2, 0.25) is 0 Å². The molecule has 0 spiro atoms. The molecule has 2 heterocycles. The molecular weight excluding hydrogens is 244 g/mol. The van der Waals surface area contributed by atoms with Gasteiger partial charge in [0.15, 0.2) is 0 Å². The number of thiazole rings is 1. The highest BCUT2D eigenvalue weighted by Gasteiger charge is 2.14. The topological polar surface area (TPSA) is 63.8 Å². The molecule has 0 saturated carbocycles. The van der Waals surface area contributed by atoms with Gasteiger partial charge in [-0.3, -0.25) is 0 Å². The van der Waals surface area contributed by atoms with E-state index in [1.807, 2.05) is 32.9 Å². The van der Waals surface area contributed by atoms with Crippen LogP contribution in [0.25, 0.3) is 0 Å². The van der Waals surface area contributed by atoms with Crippen LogP contribution in [-0.4, -0.2) is 9.97 Å². The summed E-state index contributed by atoms with van der Waals surface area (Å²) in [4.78, 5) is 10.1. The van der Waals surface area contributed by atoms with Crippen LogP contribution in [0, 0.1) is 20.8 Å². The predicted molar refractivity (Wildman–Crippen MR) is 77.0 cm³/mol. The lowest BCUT2D eigenvalue weighted by molar-refractivity contribution is 0.878. The molecule has 18 heavy (non-hydrogen) atoms. The summed E-state index contributed by atoms with van der Waals surface area (Å²) in [6.07, 6.45) is 0. The van der Waals surface area contributed by atoms with Gasteiger partial charge in [0.1, 0.15) is 5.82 Å². The molecular formula is C13H18N4S. The van der Waals surface area contributed by atoms with Crippen LogP contribution in [0.5, 0.6) is 0 Å². The number of hydrogen-bond donors (Lipinski definition) is 2. The summed E-state index contributed by atoms with van der Waals surface area (Å²) in [5.41, 5.74) is 8.62. The van der Waals surface area contributed by atoms with E-state index in [9.17, 15) is 0 Å². The smallest absolute Gasteiger partial charge is 0.149 e. The van der Waals surface area contributed by atoms with Gasteiger partial charge in [-0.1, -0.05) is 0 Å². The fraction of sp³-hybridized carbons (Fsp3) is 0.385. The maximum atomic E-state index is 5.92. The fourth-order valence-electron chi connectivity index (χ4n) is 1.90. The van der Waals surface area contributed by atoms with E-state index in [-0.39, 0.29) is 6.04 Å². The van der Waals surface area contributed by atoms with Crippen LogP contribution in [0.4, 0.5) is 11.5 Å². The Labute approximate surface area is 111 Å². The van der Waals surface area contributed by atoms with Gasteiger partial charge in [-0.2, -0.15) is 0 Å². The molecule has 96 valence electrons. The molecule has 0 fully saturated rings. The lowest BCUT2D eigenvalue weighted by Crippen LogP contribution is -2.10. The van der Waals surface area contributed by atoms with Gasteiger partial charge >= 0.3 is 0 Å². The molecule has 0 aliphatic carbocycles. The number of rotatable bonds is 3. The zero-order valence-corrected chi connectivity index (χ0v) is 11.9. The predicted octanol–water partition coefficient (Wildman–Crippen LogP) is 3.22. The van der Waals surface area contributed by atoms with Crippen LogP contribution in [0.3, 0.4) is 0 Å². The summed E-state index contributed by atoms with van der Waals surface area (Å²) >= 11 is 1.71. The molecule has 0 aromatic carbocycles. The molecule has 1 atom stereocenters. The minimum atomic E-state index is 0.160. The van der Waals surface area contributed by atoms with E-state index in [4.69, 9.17) is 5.73 Å². The van der Waals surface area contributed by atoms with E-state index in [0.29, 0.717) is 5.69 Å². The Morgan fingerprint density at radius 3 is 2.56 bits per heavy atom. The number of aryl methyl sites for hydroxylation is 3. The maximum absolute atomic E-state index is 5.92. The van der Waals surface area contributed by atoms with Crippen molar-refractivity contribution in [3.8, 4) is 0 Å². The second-order valence-corrected chi connectivity index (χ2v) is 5.67. The third kappa shape index (κ3) is 2.61. The van der Waals surface area contributed by atoms with Crippen molar-refractivity contribution in [1.82, 2.24) is 9.97 Å². The van der Waals surface area contributed by atoms with E-state index >= 15 is 0 Å². The minimum Gasteiger partial charge on any atom is -0.396 e. The quantitative estimate of drug-likeness (QED) is 0.891. The molecule has 0 radical (unpaired) electrons. The van der Waals surface area contributed by atoms with Crippen molar-refractivity contribution in [1.29, 1.82) is 0 Å². The highest BCUT2D eigenvalue weighted by atomic mass is 32.1. The van der Waals surface area contributed by atoms with Crippen LogP contribution in [-0.2, 0) is 0 Å². The van der Waals surface area contributed by atoms with Crippen LogP contribution in [0.15, 0.2) is 12.1 Å². The number of anilines is 2. The summed E-state index contributed by atoms with van der Waals surface area (Å²) in [7, 11) is 0. The Hall–Kier alpha value is -1.62. The van der Waals surface area contributed by atoms with Crippen LogP contribution in [0.1, 0.15) is 34.2 Å². The molecule has 5 heteroatoms. The Morgan fingerprint density at radius 1 is 1.22 bits per heavy atom. The molecule has 0 aliphatic rings. The fourth-order valence-corrected chi connectivity index (χ4v) is 2.83. The first-order valence-electron chi connectivity index (χ1n) is 5.91. The third-order valence-corrected chi connectivity index (χ3v) is 4.01. The number of nitrogens with two attached hydrogens (primary N) is 1.